The molecule has 0 spiro atoms. The van der Waals surface area contributed by atoms with Gasteiger partial charge in [-0.2, -0.15) is 0 Å². The third-order valence-corrected chi connectivity index (χ3v) is 4.94. The Morgan fingerprint density at radius 1 is 0.667 bits per heavy atom. The van der Waals surface area contributed by atoms with E-state index in [0.29, 0.717) is 0 Å². The summed E-state index contributed by atoms with van der Waals surface area (Å²) in [7, 11) is 3.58. The summed E-state index contributed by atoms with van der Waals surface area (Å²) in [5, 5.41) is 7.57. The Morgan fingerprint density at radius 3 is 1.21 bits per heavy atom. The normalized spacial score (nSPS) is 9.08. The molecule has 126 valence electrons. The summed E-state index contributed by atoms with van der Waals surface area (Å²) >= 11 is 0. The van der Waals surface area contributed by atoms with Gasteiger partial charge in [0.15, 0.2) is 0 Å². The van der Waals surface area contributed by atoms with Crippen LogP contribution in [0.25, 0.3) is 0 Å². The minimum Gasteiger partial charge on any atom is -0.399 e. The van der Waals surface area contributed by atoms with Crippen molar-refractivity contribution in [2.24, 2.45) is 0 Å². The SMILES string of the molecule is CCO.Nc1ccccc1.c1ccc(SSc2ccccc2)cc1. The van der Waals surface area contributed by atoms with Crippen molar-refractivity contribution in [2.75, 3.05) is 12.3 Å². The lowest BCUT2D eigenvalue weighted by Crippen LogP contribution is -1.79. The summed E-state index contributed by atoms with van der Waals surface area (Å²) in [5.41, 5.74) is 6.18. The first-order valence-corrected chi connectivity index (χ1v) is 9.77. The molecule has 0 aromatic heterocycles. The Labute approximate surface area is 152 Å². The van der Waals surface area contributed by atoms with E-state index >= 15 is 0 Å². The molecule has 0 bridgehead atoms. The van der Waals surface area contributed by atoms with Gasteiger partial charge in [-0.1, -0.05) is 76.2 Å². The van der Waals surface area contributed by atoms with E-state index in [2.05, 4.69) is 48.5 Å². The summed E-state index contributed by atoms with van der Waals surface area (Å²) in [6.07, 6.45) is 0. The molecule has 3 N–H and O–H groups in total. The number of benzene rings is 3. The van der Waals surface area contributed by atoms with E-state index in [1.807, 2.05) is 42.5 Å². The van der Waals surface area contributed by atoms with Crippen LogP contribution >= 0.6 is 21.6 Å². The van der Waals surface area contributed by atoms with Crippen LogP contribution in [-0.2, 0) is 0 Å². The van der Waals surface area contributed by atoms with Gasteiger partial charge in [-0.25, -0.2) is 0 Å². The molecule has 0 fully saturated rings. The molecule has 0 amide bonds. The van der Waals surface area contributed by atoms with Gasteiger partial charge in [0.05, 0.1) is 0 Å². The predicted octanol–water partition coefficient (Wildman–Crippen LogP) is 5.75. The third kappa shape index (κ3) is 10.0. The Bertz CT molecular complexity index is 594. The van der Waals surface area contributed by atoms with E-state index in [1.165, 1.54) is 9.79 Å². The lowest BCUT2D eigenvalue weighted by Gasteiger charge is -1.99. The van der Waals surface area contributed by atoms with Crippen LogP contribution in [0.4, 0.5) is 5.69 Å². The van der Waals surface area contributed by atoms with Crippen LogP contribution in [0, 0.1) is 0 Å². The summed E-state index contributed by atoms with van der Waals surface area (Å²) < 4.78 is 0. The summed E-state index contributed by atoms with van der Waals surface area (Å²) in [4.78, 5) is 2.59. The zero-order valence-corrected chi connectivity index (χ0v) is 15.3. The van der Waals surface area contributed by atoms with Gasteiger partial charge >= 0.3 is 0 Å². The molecule has 24 heavy (non-hydrogen) atoms. The molecule has 0 saturated carbocycles. The van der Waals surface area contributed by atoms with Crippen LogP contribution in [0.3, 0.4) is 0 Å². The maximum atomic E-state index is 7.57. The molecule has 3 aromatic rings. The summed E-state index contributed by atoms with van der Waals surface area (Å²) in [6, 6.07) is 30.3. The molecular formula is C20H23NOS2. The van der Waals surface area contributed by atoms with Gasteiger partial charge in [0, 0.05) is 22.1 Å². The molecule has 0 aliphatic rings. The molecule has 0 atom stereocenters. The predicted molar refractivity (Wildman–Crippen MR) is 108 cm³/mol. The number of rotatable bonds is 3. The molecule has 3 aromatic carbocycles. The van der Waals surface area contributed by atoms with Crippen LogP contribution < -0.4 is 5.73 Å². The topological polar surface area (TPSA) is 46.2 Å². The summed E-state index contributed by atoms with van der Waals surface area (Å²) in [5.74, 6) is 0. The smallest absolute Gasteiger partial charge is 0.0402 e. The first-order valence-electron chi connectivity index (χ1n) is 7.62. The minimum absolute atomic E-state index is 0.250. The fourth-order valence-corrected chi connectivity index (χ4v) is 3.47. The Kier molecular flexibility index (Phi) is 11.4. The van der Waals surface area contributed by atoms with Gasteiger partial charge in [0.25, 0.3) is 0 Å². The number of nitrogen functional groups attached to an aromatic ring is 1. The fraction of sp³-hybridized carbons (Fsp3) is 0.100. The molecule has 2 nitrogen and oxygen atoms in total. The third-order valence-electron chi connectivity index (χ3n) is 2.52. The maximum absolute atomic E-state index is 7.57. The van der Waals surface area contributed by atoms with Gasteiger partial charge in [0.2, 0.25) is 0 Å². The van der Waals surface area contributed by atoms with E-state index < -0.39 is 0 Å². The molecule has 0 aliphatic heterocycles. The number of anilines is 1. The highest BCUT2D eigenvalue weighted by atomic mass is 33.1. The van der Waals surface area contributed by atoms with E-state index in [-0.39, 0.29) is 6.61 Å². The van der Waals surface area contributed by atoms with E-state index in [9.17, 15) is 0 Å². The minimum atomic E-state index is 0.250. The number of nitrogens with two attached hydrogens (primary N) is 1. The molecule has 0 heterocycles. The molecule has 0 aliphatic carbocycles. The number of para-hydroxylation sites is 1. The van der Waals surface area contributed by atoms with Crippen LogP contribution in [0.1, 0.15) is 6.92 Å². The van der Waals surface area contributed by atoms with Crippen LogP contribution in [0.15, 0.2) is 101 Å². The number of aliphatic hydroxyl groups is 1. The fourth-order valence-electron chi connectivity index (χ4n) is 1.50. The molecule has 4 heteroatoms. The highest BCUT2D eigenvalue weighted by Gasteiger charge is 1.94. The molecule has 0 saturated heterocycles. The first-order chi connectivity index (χ1) is 11.8. The second-order valence-electron chi connectivity index (χ2n) is 4.52. The van der Waals surface area contributed by atoms with Crippen LogP contribution in [-0.4, -0.2) is 11.7 Å². The standard InChI is InChI=1S/C12H10S2.C6H7N.C2H6O/c1-3-7-11(8-4-1)13-14-12-9-5-2-6-10-12;7-6-4-2-1-3-5-6;1-2-3/h1-10H;1-5H,7H2;3H,2H2,1H3. The quantitative estimate of drug-likeness (QED) is 0.462. The van der Waals surface area contributed by atoms with E-state index in [1.54, 1.807) is 28.5 Å². The Hall–Kier alpha value is -1.88. The zero-order valence-electron chi connectivity index (χ0n) is 13.7. The van der Waals surface area contributed by atoms with E-state index in [4.69, 9.17) is 10.8 Å². The first kappa shape index (κ1) is 20.2. The second kappa shape index (κ2) is 13.5. The number of hydrogen-bond acceptors (Lipinski definition) is 4. The van der Waals surface area contributed by atoms with Crippen molar-refractivity contribution in [2.45, 2.75) is 16.7 Å². The van der Waals surface area contributed by atoms with Crippen molar-refractivity contribution in [3.63, 3.8) is 0 Å². The molecule has 0 radical (unpaired) electrons. The van der Waals surface area contributed by atoms with Crippen molar-refractivity contribution in [1.29, 1.82) is 0 Å². The highest BCUT2D eigenvalue weighted by molar-refractivity contribution is 8.76. The van der Waals surface area contributed by atoms with Crippen molar-refractivity contribution in [3.05, 3.63) is 91.0 Å². The van der Waals surface area contributed by atoms with Gasteiger partial charge in [-0.15, -0.1) is 0 Å². The largest absolute Gasteiger partial charge is 0.399 e. The van der Waals surface area contributed by atoms with Crippen molar-refractivity contribution >= 4 is 27.3 Å². The van der Waals surface area contributed by atoms with Gasteiger partial charge in [-0.05, 0) is 43.3 Å². The maximum Gasteiger partial charge on any atom is 0.0402 e. The van der Waals surface area contributed by atoms with E-state index in [0.717, 1.165) is 5.69 Å². The average molecular weight is 358 g/mol. The Morgan fingerprint density at radius 2 is 0.958 bits per heavy atom. The van der Waals surface area contributed by atoms with Crippen molar-refractivity contribution in [3.8, 4) is 0 Å². The molecule has 0 unspecified atom stereocenters. The average Bonchev–Trinajstić information content (AvgIpc) is 2.64. The second-order valence-corrected chi connectivity index (χ2v) is 6.80. The van der Waals surface area contributed by atoms with Crippen molar-refractivity contribution in [1.82, 2.24) is 0 Å². The Balaban J connectivity index is 0.000000241. The summed E-state index contributed by atoms with van der Waals surface area (Å²) in [6.45, 7) is 1.93. The lowest BCUT2D eigenvalue weighted by atomic mass is 10.3. The zero-order chi connectivity index (χ0) is 17.5. The number of aliphatic hydroxyl groups excluding tert-OH is 1. The monoisotopic (exact) mass is 357 g/mol. The van der Waals surface area contributed by atoms with Gasteiger partial charge in [0.1, 0.15) is 0 Å². The van der Waals surface area contributed by atoms with Gasteiger partial charge < -0.3 is 10.8 Å². The van der Waals surface area contributed by atoms with Gasteiger partial charge in [-0.3, -0.25) is 0 Å². The van der Waals surface area contributed by atoms with Crippen molar-refractivity contribution < 1.29 is 5.11 Å². The molecule has 3 rings (SSSR count). The highest BCUT2D eigenvalue weighted by Crippen LogP contribution is 2.36. The number of hydrogen-bond donors (Lipinski definition) is 2. The lowest BCUT2D eigenvalue weighted by molar-refractivity contribution is 0.318. The molecular weight excluding hydrogens is 334 g/mol. The van der Waals surface area contributed by atoms with Crippen LogP contribution in [0.2, 0.25) is 0 Å². The van der Waals surface area contributed by atoms with Crippen LogP contribution in [0.5, 0.6) is 0 Å².